The van der Waals surface area contributed by atoms with E-state index in [0.29, 0.717) is 36.2 Å². The first kappa shape index (κ1) is 26.1. The summed E-state index contributed by atoms with van der Waals surface area (Å²) in [7, 11) is -0.891. The summed E-state index contributed by atoms with van der Waals surface area (Å²) in [5.41, 5.74) is 0.972. The zero-order valence-electron chi connectivity index (χ0n) is 22.2. The number of benzene rings is 2. The number of aryl methyl sites for hydroxylation is 1. The Morgan fingerprint density at radius 2 is 1.63 bits per heavy atom. The Labute approximate surface area is 221 Å². The highest BCUT2D eigenvalue weighted by molar-refractivity contribution is 6.62. The number of carbonyl (C=O) groups is 2. The molecule has 9 heteroatoms. The van der Waals surface area contributed by atoms with Crippen LogP contribution >= 0.6 is 0 Å². The second kappa shape index (κ2) is 9.33. The van der Waals surface area contributed by atoms with E-state index in [2.05, 4.69) is 5.32 Å². The first-order chi connectivity index (χ1) is 17.9. The number of rotatable bonds is 4. The van der Waals surface area contributed by atoms with Crippen molar-refractivity contribution < 1.29 is 23.3 Å². The molecule has 1 aromatic heterocycles. The van der Waals surface area contributed by atoms with Crippen molar-refractivity contribution in [2.45, 2.75) is 65.1 Å². The molecule has 1 aliphatic heterocycles. The standard InChI is InChI=1S/C29H30BFN2O5/c1-17-9-12-19(13-10-17)33-24-7-6-8-25(34)20(24)16-21(27(33)36)26(35)32-18-11-14-22(23(31)15-18)30-37-28(2,3)29(4,5)38-30/h9-16H,6-8H2,1-5H3,(H,32,35). The molecule has 1 fully saturated rings. The van der Waals surface area contributed by atoms with Crippen molar-refractivity contribution >= 4 is 30.0 Å². The van der Waals surface area contributed by atoms with Crippen LogP contribution in [0.2, 0.25) is 0 Å². The minimum Gasteiger partial charge on any atom is -0.399 e. The van der Waals surface area contributed by atoms with Gasteiger partial charge in [-0.05, 0) is 77.8 Å². The van der Waals surface area contributed by atoms with E-state index in [-0.39, 0.29) is 22.5 Å². The number of hydrogen-bond acceptors (Lipinski definition) is 5. The van der Waals surface area contributed by atoms with E-state index in [1.165, 1.54) is 28.8 Å². The maximum absolute atomic E-state index is 15.1. The molecule has 5 rings (SSSR count). The summed E-state index contributed by atoms with van der Waals surface area (Å²) in [6.45, 7) is 9.46. The van der Waals surface area contributed by atoms with Crippen LogP contribution in [0, 0.1) is 12.7 Å². The quantitative estimate of drug-likeness (QED) is 0.521. The minimum atomic E-state index is -0.891. The van der Waals surface area contributed by atoms with Gasteiger partial charge in [0.05, 0.1) is 11.2 Å². The SMILES string of the molecule is Cc1ccc(-n2c3c(cc(C(=O)Nc4ccc(B5OC(C)(C)C(C)(C)O5)c(F)c4)c2=O)C(=O)CCC3)cc1. The van der Waals surface area contributed by atoms with Crippen LogP contribution in [0.5, 0.6) is 0 Å². The number of ketones is 1. The Bertz CT molecular complexity index is 1490. The zero-order valence-corrected chi connectivity index (χ0v) is 22.2. The molecule has 7 nitrogen and oxygen atoms in total. The maximum Gasteiger partial charge on any atom is 0.497 e. The monoisotopic (exact) mass is 516 g/mol. The van der Waals surface area contributed by atoms with Crippen molar-refractivity contribution in [3.63, 3.8) is 0 Å². The highest BCUT2D eigenvalue weighted by Gasteiger charge is 2.52. The van der Waals surface area contributed by atoms with Crippen LogP contribution in [0.3, 0.4) is 0 Å². The summed E-state index contributed by atoms with van der Waals surface area (Å²) in [6.07, 6.45) is 1.54. The molecule has 0 atom stereocenters. The normalized spacial score (nSPS) is 17.8. The predicted molar refractivity (Wildman–Crippen MR) is 144 cm³/mol. The molecule has 0 bridgehead atoms. The van der Waals surface area contributed by atoms with E-state index in [9.17, 15) is 14.4 Å². The number of aromatic nitrogens is 1. The number of amides is 1. The summed E-state index contributed by atoms with van der Waals surface area (Å²) in [5, 5.41) is 2.61. The van der Waals surface area contributed by atoms with Crippen molar-refractivity contribution in [1.82, 2.24) is 4.57 Å². The molecule has 0 saturated carbocycles. The van der Waals surface area contributed by atoms with Gasteiger partial charge in [-0.15, -0.1) is 0 Å². The molecular formula is C29H30BFN2O5. The largest absolute Gasteiger partial charge is 0.497 e. The van der Waals surface area contributed by atoms with E-state index < -0.39 is 35.6 Å². The van der Waals surface area contributed by atoms with Crippen molar-refractivity contribution in [3.8, 4) is 5.69 Å². The molecule has 0 unspecified atom stereocenters. The molecular weight excluding hydrogens is 486 g/mol. The number of pyridine rings is 1. The van der Waals surface area contributed by atoms with Gasteiger partial charge in [0.1, 0.15) is 11.4 Å². The molecule has 0 radical (unpaired) electrons. The van der Waals surface area contributed by atoms with Crippen molar-refractivity contribution in [2.24, 2.45) is 0 Å². The van der Waals surface area contributed by atoms with Crippen LogP contribution in [0.4, 0.5) is 10.1 Å². The van der Waals surface area contributed by atoms with Gasteiger partial charge >= 0.3 is 7.12 Å². The van der Waals surface area contributed by atoms with Crippen LogP contribution in [0.15, 0.2) is 53.3 Å². The lowest BCUT2D eigenvalue weighted by atomic mass is 9.78. The Balaban J connectivity index is 1.48. The van der Waals surface area contributed by atoms with Gasteiger partial charge in [0.25, 0.3) is 11.5 Å². The summed E-state index contributed by atoms with van der Waals surface area (Å²) < 4.78 is 28.4. The lowest BCUT2D eigenvalue weighted by molar-refractivity contribution is 0.00578. The Morgan fingerprint density at radius 3 is 2.26 bits per heavy atom. The van der Waals surface area contributed by atoms with Crippen molar-refractivity contribution in [2.75, 3.05) is 5.32 Å². The number of hydrogen-bond donors (Lipinski definition) is 1. The van der Waals surface area contributed by atoms with Crippen LogP contribution in [0.25, 0.3) is 5.69 Å². The lowest BCUT2D eigenvalue weighted by Crippen LogP contribution is -2.41. The topological polar surface area (TPSA) is 86.6 Å². The van der Waals surface area contributed by atoms with Gasteiger partial charge in [0.15, 0.2) is 5.78 Å². The molecule has 1 N–H and O–H groups in total. The third-order valence-corrected chi connectivity index (χ3v) is 7.72. The highest BCUT2D eigenvalue weighted by atomic mass is 19.1. The van der Waals surface area contributed by atoms with E-state index in [4.69, 9.17) is 9.31 Å². The fourth-order valence-electron chi connectivity index (χ4n) is 4.79. The second-order valence-electron chi connectivity index (χ2n) is 10.9. The van der Waals surface area contributed by atoms with Crippen LogP contribution in [0.1, 0.15) is 72.5 Å². The molecule has 2 heterocycles. The summed E-state index contributed by atoms with van der Waals surface area (Å²) >= 11 is 0. The molecule has 196 valence electrons. The van der Waals surface area contributed by atoms with E-state index in [0.717, 1.165) is 5.56 Å². The van der Waals surface area contributed by atoms with Gasteiger partial charge in [0.2, 0.25) is 0 Å². The maximum atomic E-state index is 15.1. The Hall–Kier alpha value is -3.56. The smallest absolute Gasteiger partial charge is 0.399 e. The summed E-state index contributed by atoms with van der Waals surface area (Å²) in [4.78, 5) is 39.6. The molecule has 0 spiro atoms. The Morgan fingerprint density at radius 1 is 0.974 bits per heavy atom. The zero-order chi connectivity index (χ0) is 27.4. The Kier molecular flexibility index (Phi) is 6.40. The van der Waals surface area contributed by atoms with E-state index in [1.54, 1.807) is 12.1 Å². The predicted octanol–water partition coefficient (Wildman–Crippen LogP) is 4.36. The van der Waals surface area contributed by atoms with Crippen LogP contribution < -0.4 is 16.3 Å². The van der Waals surface area contributed by atoms with Gasteiger partial charge in [-0.1, -0.05) is 23.8 Å². The van der Waals surface area contributed by atoms with Crippen LogP contribution in [-0.2, 0) is 15.7 Å². The minimum absolute atomic E-state index is 0.112. The number of nitrogens with zero attached hydrogens (tertiary/aromatic N) is 1. The average Bonchev–Trinajstić information content (AvgIpc) is 3.06. The number of nitrogens with one attached hydrogen (secondary N) is 1. The summed E-state index contributed by atoms with van der Waals surface area (Å²) in [6, 6.07) is 12.9. The molecule has 38 heavy (non-hydrogen) atoms. The number of carbonyl (C=O) groups excluding carboxylic acids is 2. The van der Waals surface area contributed by atoms with Crippen molar-refractivity contribution in [3.05, 3.63) is 87.1 Å². The van der Waals surface area contributed by atoms with Crippen LogP contribution in [-0.4, -0.2) is 34.6 Å². The third-order valence-electron chi connectivity index (χ3n) is 7.72. The lowest BCUT2D eigenvalue weighted by Gasteiger charge is -2.32. The summed E-state index contributed by atoms with van der Waals surface area (Å²) in [5.74, 6) is -1.45. The number of anilines is 1. The molecule has 2 aliphatic rings. The van der Waals surface area contributed by atoms with Crippen molar-refractivity contribution in [1.29, 1.82) is 0 Å². The van der Waals surface area contributed by atoms with Gasteiger partial charge in [-0.25, -0.2) is 4.39 Å². The highest BCUT2D eigenvalue weighted by Crippen LogP contribution is 2.36. The van der Waals surface area contributed by atoms with Gasteiger partial charge in [-0.3, -0.25) is 19.0 Å². The molecule has 1 aliphatic carbocycles. The fraction of sp³-hybridized carbons (Fsp3) is 0.345. The third kappa shape index (κ3) is 4.50. The fourth-order valence-corrected chi connectivity index (χ4v) is 4.79. The first-order valence-electron chi connectivity index (χ1n) is 12.7. The average molecular weight is 516 g/mol. The van der Waals surface area contributed by atoms with Gasteiger partial charge in [0, 0.05) is 34.5 Å². The number of fused-ring (bicyclic) bond motifs is 1. The molecule has 1 amide bonds. The molecule has 3 aromatic rings. The van der Waals surface area contributed by atoms with E-state index >= 15 is 4.39 Å². The molecule has 2 aromatic carbocycles. The van der Waals surface area contributed by atoms with Gasteiger partial charge < -0.3 is 14.6 Å². The first-order valence-corrected chi connectivity index (χ1v) is 12.7. The van der Waals surface area contributed by atoms with E-state index in [1.807, 2.05) is 46.8 Å². The number of Topliss-reactive ketones (excluding diaryl/α,β-unsaturated/α-hetero) is 1. The number of halogens is 1. The van der Waals surface area contributed by atoms with Gasteiger partial charge in [-0.2, -0.15) is 0 Å². The second-order valence-corrected chi connectivity index (χ2v) is 10.9. The molecule has 1 saturated heterocycles.